The van der Waals surface area contributed by atoms with Crippen LogP contribution < -0.4 is 4.31 Å². The van der Waals surface area contributed by atoms with Gasteiger partial charge in [-0.25, -0.2) is 13.4 Å². The summed E-state index contributed by atoms with van der Waals surface area (Å²) in [5, 5.41) is 0. The second-order valence-electron chi connectivity index (χ2n) is 5.44. The van der Waals surface area contributed by atoms with Gasteiger partial charge in [-0.05, 0) is 24.3 Å². The third-order valence-corrected chi connectivity index (χ3v) is 6.95. The SMILES string of the molecule is CN1C2=C(OS(=O)(=O)N(c3ccccn3)C2=O)c2ccccc2S1(=O)=O. The molecule has 0 atom stereocenters. The number of hydrogen-bond donors (Lipinski definition) is 0. The summed E-state index contributed by atoms with van der Waals surface area (Å²) >= 11 is 0. The van der Waals surface area contributed by atoms with Gasteiger partial charge >= 0.3 is 10.3 Å². The second kappa shape index (κ2) is 5.29. The van der Waals surface area contributed by atoms with Crippen molar-refractivity contribution >= 4 is 37.8 Å². The average molecular weight is 393 g/mol. The molecule has 0 radical (unpaired) electrons. The van der Waals surface area contributed by atoms with E-state index in [4.69, 9.17) is 4.18 Å². The lowest BCUT2D eigenvalue weighted by atomic mass is 10.1. The van der Waals surface area contributed by atoms with Crippen molar-refractivity contribution in [2.24, 2.45) is 0 Å². The third-order valence-electron chi connectivity index (χ3n) is 3.96. The van der Waals surface area contributed by atoms with Gasteiger partial charge < -0.3 is 4.18 Å². The van der Waals surface area contributed by atoms with Crippen LogP contribution in [0, 0.1) is 0 Å². The van der Waals surface area contributed by atoms with Gasteiger partial charge in [0.1, 0.15) is 0 Å². The molecule has 0 spiro atoms. The van der Waals surface area contributed by atoms with Crippen LogP contribution in [0.25, 0.3) is 5.76 Å². The number of pyridine rings is 1. The fourth-order valence-corrected chi connectivity index (χ4v) is 5.23. The van der Waals surface area contributed by atoms with E-state index in [1.807, 2.05) is 0 Å². The smallest absolute Gasteiger partial charge is 0.363 e. The lowest BCUT2D eigenvalue weighted by Crippen LogP contribution is -2.49. The molecule has 1 aromatic carbocycles. The van der Waals surface area contributed by atoms with Crippen molar-refractivity contribution in [2.45, 2.75) is 4.90 Å². The van der Waals surface area contributed by atoms with E-state index >= 15 is 0 Å². The van der Waals surface area contributed by atoms with Gasteiger partial charge in [0.15, 0.2) is 17.3 Å². The summed E-state index contributed by atoms with van der Waals surface area (Å²) < 4.78 is 56.7. The summed E-state index contributed by atoms with van der Waals surface area (Å²) in [4.78, 5) is 16.7. The van der Waals surface area contributed by atoms with Gasteiger partial charge in [-0.15, -0.1) is 0 Å². The molecule has 1 amide bonds. The quantitative estimate of drug-likeness (QED) is 0.700. The van der Waals surface area contributed by atoms with E-state index in [9.17, 15) is 21.6 Å². The first-order valence-corrected chi connectivity index (χ1v) is 10.1. The molecule has 2 aliphatic heterocycles. The molecule has 9 nitrogen and oxygen atoms in total. The highest BCUT2D eigenvalue weighted by Crippen LogP contribution is 2.41. The maximum Gasteiger partial charge on any atom is 0.418 e. The number of hydrogen-bond acceptors (Lipinski definition) is 7. The molecule has 4 rings (SSSR count). The Morgan fingerprint density at radius 1 is 1.00 bits per heavy atom. The summed E-state index contributed by atoms with van der Waals surface area (Å²) in [5.74, 6) is -1.59. The summed E-state index contributed by atoms with van der Waals surface area (Å²) in [6, 6.07) is 10.1. The predicted molar refractivity (Wildman–Crippen MR) is 90.0 cm³/mol. The van der Waals surface area contributed by atoms with Crippen LogP contribution in [0.4, 0.5) is 5.82 Å². The number of aromatic nitrogens is 1. The van der Waals surface area contributed by atoms with Crippen LogP contribution in [0.3, 0.4) is 0 Å². The zero-order chi connectivity index (χ0) is 18.7. The van der Waals surface area contributed by atoms with E-state index in [1.165, 1.54) is 42.6 Å². The fraction of sp³-hybridized carbons (Fsp3) is 0.0667. The van der Waals surface area contributed by atoms with Gasteiger partial charge in [-0.1, -0.05) is 18.2 Å². The van der Waals surface area contributed by atoms with Crippen molar-refractivity contribution in [3.05, 3.63) is 59.9 Å². The highest BCUT2D eigenvalue weighted by atomic mass is 32.2. The first-order valence-electron chi connectivity index (χ1n) is 7.28. The van der Waals surface area contributed by atoms with Crippen LogP contribution in [0.1, 0.15) is 5.56 Å². The molecule has 26 heavy (non-hydrogen) atoms. The lowest BCUT2D eigenvalue weighted by molar-refractivity contribution is -0.115. The minimum absolute atomic E-state index is 0.0122. The molecular formula is C15H11N3O6S2. The third kappa shape index (κ3) is 2.14. The Balaban J connectivity index is 2.01. The van der Waals surface area contributed by atoms with Crippen LogP contribution in [-0.2, 0) is 29.3 Å². The Bertz CT molecular complexity index is 1170. The maximum absolute atomic E-state index is 12.9. The van der Waals surface area contributed by atoms with E-state index < -0.39 is 31.9 Å². The standard InChI is InChI=1S/C15H11N3O6S2/c1-17-13-14(10-6-2-3-7-11(10)25(17,20)21)24-26(22,23)18(15(13)19)12-8-4-5-9-16-12/h2-9H,1H3. The van der Waals surface area contributed by atoms with E-state index in [2.05, 4.69) is 4.98 Å². The number of carbonyl (C=O) groups excluding carboxylic acids is 1. The van der Waals surface area contributed by atoms with Crippen LogP contribution in [-0.4, -0.2) is 39.1 Å². The summed E-state index contributed by atoms with van der Waals surface area (Å²) in [7, 11) is -7.43. The van der Waals surface area contributed by atoms with Gasteiger partial charge in [0.05, 0.1) is 4.90 Å². The summed E-state index contributed by atoms with van der Waals surface area (Å²) in [6.45, 7) is 0. The molecule has 0 saturated carbocycles. The van der Waals surface area contributed by atoms with Crippen molar-refractivity contribution in [1.82, 2.24) is 9.29 Å². The van der Waals surface area contributed by atoms with E-state index in [-0.39, 0.29) is 22.0 Å². The van der Waals surface area contributed by atoms with Crippen molar-refractivity contribution < 1.29 is 25.8 Å². The van der Waals surface area contributed by atoms with Crippen LogP contribution in [0.2, 0.25) is 0 Å². The predicted octanol–water partition coefficient (Wildman–Crippen LogP) is 0.692. The molecule has 1 aromatic heterocycles. The zero-order valence-corrected chi connectivity index (χ0v) is 14.9. The van der Waals surface area contributed by atoms with Crippen LogP contribution in [0.15, 0.2) is 59.3 Å². The Morgan fingerprint density at radius 3 is 2.38 bits per heavy atom. The number of carbonyl (C=O) groups is 1. The maximum atomic E-state index is 12.9. The molecule has 0 saturated heterocycles. The van der Waals surface area contributed by atoms with Crippen molar-refractivity contribution in [2.75, 3.05) is 11.4 Å². The second-order valence-corrected chi connectivity index (χ2v) is 8.77. The van der Waals surface area contributed by atoms with Crippen molar-refractivity contribution in [3.8, 4) is 0 Å². The summed E-state index contributed by atoms with van der Waals surface area (Å²) in [6.07, 6.45) is 1.30. The van der Waals surface area contributed by atoms with Gasteiger partial charge in [-0.3, -0.25) is 9.10 Å². The molecule has 0 fully saturated rings. The molecule has 0 N–H and O–H groups in total. The number of rotatable bonds is 1. The normalized spacial score (nSPS) is 20.3. The minimum Gasteiger partial charge on any atom is -0.363 e. The number of nitrogens with zero attached hydrogens (tertiary/aromatic N) is 3. The van der Waals surface area contributed by atoms with Gasteiger partial charge in [0.25, 0.3) is 15.9 Å². The minimum atomic E-state index is -4.56. The Morgan fingerprint density at radius 2 is 1.69 bits per heavy atom. The molecular weight excluding hydrogens is 382 g/mol. The van der Waals surface area contributed by atoms with Crippen LogP contribution >= 0.6 is 0 Å². The average Bonchev–Trinajstić information content (AvgIpc) is 2.60. The van der Waals surface area contributed by atoms with Gasteiger partial charge in [-0.2, -0.15) is 12.7 Å². The Hall–Kier alpha value is -2.92. The Kier molecular flexibility index (Phi) is 3.36. The molecule has 3 heterocycles. The largest absolute Gasteiger partial charge is 0.418 e. The van der Waals surface area contributed by atoms with Gasteiger partial charge in [0.2, 0.25) is 0 Å². The number of benzene rings is 1. The zero-order valence-electron chi connectivity index (χ0n) is 13.2. The highest BCUT2D eigenvalue weighted by Gasteiger charge is 2.49. The molecule has 134 valence electrons. The first kappa shape index (κ1) is 16.5. The first-order chi connectivity index (χ1) is 12.2. The molecule has 0 bridgehead atoms. The molecule has 0 unspecified atom stereocenters. The number of fused-ring (bicyclic) bond motifs is 2. The highest BCUT2D eigenvalue weighted by molar-refractivity contribution is 7.90. The molecule has 2 aliphatic rings. The molecule has 11 heteroatoms. The van der Waals surface area contributed by atoms with E-state index in [0.29, 0.717) is 4.31 Å². The number of amides is 1. The van der Waals surface area contributed by atoms with Gasteiger partial charge in [0, 0.05) is 18.8 Å². The monoisotopic (exact) mass is 393 g/mol. The molecule has 2 aromatic rings. The van der Waals surface area contributed by atoms with E-state index in [0.717, 1.165) is 11.4 Å². The Labute approximate surface area is 149 Å². The molecule has 0 aliphatic carbocycles. The summed E-state index contributed by atoms with van der Waals surface area (Å²) in [5.41, 5.74) is -0.387. The number of likely N-dealkylation sites (N-methyl/N-ethyl adjacent to an activating group) is 1. The number of anilines is 1. The lowest BCUT2D eigenvalue weighted by Gasteiger charge is -2.35. The fourth-order valence-electron chi connectivity index (χ4n) is 2.77. The van der Waals surface area contributed by atoms with Crippen molar-refractivity contribution in [3.63, 3.8) is 0 Å². The number of sulfonamides is 1. The topological polar surface area (TPSA) is 114 Å². The van der Waals surface area contributed by atoms with Crippen molar-refractivity contribution in [1.29, 1.82) is 0 Å². The van der Waals surface area contributed by atoms with Crippen LogP contribution in [0.5, 0.6) is 0 Å². The van der Waals surface area contributed by atoms with E-state index in [1.54, 1.807) is 6.07 Å².